The topological polar surface area (TPSA) is 43.4 Å². The van der Waals surface area contributed by atoms with Crippen LogP contribution in [0.15, 0.2) is 18.2 Å². The molecule has 0 heterocycles. The van der Waals surface area contributed by atoms with Crippen LogP contribution in [-0.4, -0.2) is 17.9 Å². The minimum absolute atomic E-state index is 0.105. The van der Waals surface area contributed by atoms with Gasteiger partial charge in [-0.15, -0.1) is 0 Å². The number of ether oxygens (including phenoxy) is 1. The van der Waals surface area contributed by atoms with Gasteiger partial charge in [-0.1, -0.05) is 0 Å². The van der Waals surface area contributed by atoms with Gasteiger partial charge in [-0.3, -0.25) is 4.79 Å². The third-order valence-corrected chi connectivity index (χ3v) is 1.86. The van der Waals surface area contributed by atoms with Crippen molar-refractivity contribution >= 4 is 11.8 Å². The second-order valence-corrected chi connectivity index (χ2v) is 3.83. The van der Waals surface area contributed by atoms with Gasteiger partial charge in [-0.25, -0.2) is 13.6 Å². The van der Waals surface area contributed by atoms with E-state index in [0.717, 1.165) is 12.1 Å². The molecule has 5 heteroatoms. The quantitative estimate of drug-likeness (QED) is 0.599. The Morgan fingerprint density at radius 3 is 2.18 bits per heavy atom. The van der Waals surface area contributed by atoms with Gasteiger partial charge in [0.05, 0.1) is 6.10 Å². The highest BCUT2D eigenvalue weighted by molar-refractivity contribution is 6.34. The van der Waals surface area contributed by atoms with Crippen molar-refractivity contribution in [3.05, 3.63) is 35.4 Å². The molecule has 0 atom stereocenters. The van der Waals surface area contributed by atoms with E-state index in [4.69, 9.17) is 0 Å². The summed E-state index contributed by atoms with van der Waals surface area (Å²) in [4.78, 5) is 22.5. The van der Waals surface area contributed by atoms with Crippen LogP contribution in [0.2, 0.25) is 0 Å². The van der Waals surface area contributed by atoms with E-state index in [0.29, 0.717) is 6.07 Å². The van der Waals surface area contributed by atoms with Gasteiger partial charge >= 0.3 is 5.97 Å². The number of benzene rings is 1. The number of hydrogen-bond donors (Lipinski definition) is 0. The molecule has 0 aliphatic carbocycles. The van der Waals surface area contributed by atoms with Crippen LogP contribution in [0.25, 0.3) is 0 Å². The number of rotatable bonds is 4. The fraction of sp³-hybridized carbons (Fsp3) is 0.333. The van der Waals surface area contributed by atoms with Crippen molar-refractivity contribution in [2.24, 2.45) is 0 Å². The molecule has 0 unspecified atom stereocenters. The first-order chi connectivity index (χ1) is 7.88. The van der Waals surface area contributed by atoms with E-state index in [-0.39, 0.29) is 12.0 Å². The van der Waals surface area contributed by atoms with E-state index >= 15 is 0 Å². The van der Waals surface area contributed by atoms with E-state index in [1.807, 2.05) is 0 Å². The van der Waals surface area contributed by atoms with Crippen LogP contribution in [0, 0.1) is 11.6 Å². The van der Waals surface area contributed by atoms with Gasteiger partial charge in [0.1, 0.15) is 11.6 Å². The molecule has 0 spiro atoms. The minimum Gasteiger partial charge on any atom is -0.457 e. The summed E-state index contributed by atoms with van der Waals surface area (Å²) in [6, 6.07) is 2.70. The molecule has 3 nitrogen and oxygen atoms in total. The first-order valence-corrected chi connectivity index (χ1v) is 5.07. The number of Topliss-reactive ketones (excluding diaryl/α,β-unsaturated/α-hetero) is 1. The smallest absolute Gasteiger partial charge is 0.375 e. The largest absolute Gasteiger partial charge is 0.457 e. The first kappa shape index (κ1) is 13.3. The van der Waals surface area contributed by atoms with Gasteiger partial charge in [0.25, 0.3) is 0 Å². The molecule has 1 aromatic carbocycles. The summed E-state index contributed by atoms with van der Waals surface area (Å²) in [6.45, 7) is 3.21. The van der Waals surface area contributed by atoms with Crippen molar-refractivity contribution in [3.63, 3.8) is 0 Å². The zero-order valence-corrected chi connectivity index (χ0v) is 9.50. The van der Waals surface area contributed by atoms with Crippen LogP contribution in [0.4, 0.5) is 8.78 Å². The predicted octanol–water partition coefficient (Wildman–Crippen LogP) is 2.03. The summed E-state index contributed by atoms with van der Waals surface area (Å²) in [6.07, 6.45) is -0.782. The third-order valence-electron chi connectivity index (χ3n) is 1.86. The van der Waals surface area contributed by atoms with Gasteiger partial charge in [-0.2, -0.15) is 0 Å². The highest BCUT2D eigenvalue weighted by Crippen LogP contribution is 2.09. The number of ketones is 1. The SMILES string of the molecule is CC(C)OC(=O)C(=O)Cc1cc(F)cc(F)c1. The zero-order valence-electron chi connectivity index (χ0n) is 9.50. The Balaban J connectivity index is 2.71. The zero-order chi connectivity index (χ0) is 13.0. The normalized spacial score (nSPS) is 10.4. The fourth-order valence-electron chi connectivity index (χ4n) is 1.25. The van der Waals surface area contributed by atoms with Crippen LogP contribution < -0.4 is 0 Å². The lowest BCUT2D eigenvalue weighted by atomic mass is 10.1. The Morgan fingerprint density at radius 2 is 1.71 bits per heavy atom. The molecule has 0 fully saturated rings. The highest BCUT2D eigenvalue weighted by Gasteiger charge is 2.17. The van der Waals surface area contributed by atoms with Gasteiger partial charge in [-0.05, 0) is 31.5 Å². The summed E-state index contributed by atoms with van der Waals surface area (Å²) in [5.74, 6) is -3.40. The Hall–Kier alpha value is -1.78. The van der Waals surface area contributed by atoms with Crippen LogP contribution >= 0.6 is 0 Å². The van der Waals surface area contributed by atoms with Crippen LogP contribution in [0.1, 0.15) is 19.4 Å². The van der Waals surface area contributed by atoms with E-state index < -0.39 is 29.5 Å². The van der Waals surface area contributed by atoms with Gasteiger partial charge in [0, 0.05) is 12.5 Å². The summed E-state index contributed by atoms with van der Waals surface area (Å²) in [5.41, 5.74) is 0.105. The molecule has 0 aliphatic rings. The van der Waals surface area contributed by atoms with Gasteiger partial charge < -0.3 is 4.74 Å². The Labute approximate surface area is 97.4 Å². The number of halogens is 2. The summed E-state index contributed by atoms with van der Waals surface area (Å²) in [7, 11) is 0. The molecule has 0 saturated heterocycles. The molecule has 17 heavy (non-hydrogen) atoms. The molecule has 0 amide bonds. The Morgan fingerprint density at radius 1 is 1.18 bits per heavy atom. The lowest BCUT2D eigenvalue weighted by Crippen LogP contribution is -2.22. The van der Waals surface area contributed by atoms with Crippen molar-refractivity contribution in [1.82, 2.24) is 0 Å². The Bertz CT molecular complexity index is 421. The monoisotopic (exact) mass is 242 g/mol. The first-order valence-electron chi connectivity index (χ1n) is 5.07. The molecule has 0 radical (unpaired) electrons. The minimum atomic E-state index is -0.996. The van der Waals surface area contributed by atoms with Gasteiger partial charge in [0.15, 0.2) is 0 Å². The molecule has 0 saturated carbocycles. The summed E-state index contributed by atoms with van der Waals surface area (Å²) in [5, 5.41) is 0. The number of hydrogen-bond acceptors (Lipinski definition) is 3. The molecule has 0 aliphatic heterocycles. The number of carbonyl (C=O) groups is 2. The highest BCUT2D eigenvalue weighted by atomic mass is 19.1. The lowest BCUT2D eigenvalue weighted by molar-refractivity contribution is -0.156. The average molecular weight is 242 g/mol. The second kappa shape index (κ2) is 5.52. The van der Waals surface area contributed by atoms with Crippen molar-refractivity contribution in [2.75, 3.05) is 0 Å². The van der Waals surface area contributed by atoms with Crippen LogP contribution in [0.5, 0.6) is 0 Å². The predicted molar refractivity (Wildman–Crippen MR) is 56.3 cm³/mol. The molecule has 1 aromatic rings. The van der Waals surface area contributed by atoms with Crippen molar-refractivity contribution in [1.29, 1.82) is 0 Å². The maximum Gasteiger partial charge on any atom is 0.375 e. The molecular weight excluding hydrogens is 230 g/mol. The molecule has 0 N–H and O–H groups in total. The molecule has 0 bridgehead atoms. The number of esters is 1. The second-order valence-electron chi connectivity index (χ2n) is 3.83. The molecule has 0 aromatic heterocycles. The Kier molecular flexibility index (Phi) is 4.31. The maximum atomic E-state index is 12.8. The van der Waals surface area contributed by atoms with E-state index in [1.54, 1.807) is 13.8 Å². The van der Waals surface area contributed by atoms with Crippen LogP contribution in [0.3, 0.4) is 0 Å². The van der Waals surface area contributed by atoms with Gasteiger partial charge in [0.2, 0.25) is 5.78 Å². The fourth-order valence-corrected chi connectivity index (χ4v) is 1.25. The molecule has 92 valence electrons. The van der Waals surface area contributed by atoms with Crippen LogP contribution in [-0.2, 0) is 20.7 Å². The van der Waals surface area contributed by atoms with Crippen molar-refractivity contribution in [2.45, 2.75) is 26.4 Å². The average Bonchev–Trinajstić information content (AvgIpc) is 2.14. The van der Waals surface area contributed by atoms with E-state index in [9.17, 15) is 18.4 Å². The summed E-state index contributed by atoms with van der Waals surface area (Å²) >= 11 is 0. The molecule has 1 rings (SSSR count). The van der Waals surface area contributed by atoms with Crippen molar-refractivity contribution in [3.8, 4) is 0 Å². The summed E-state index contributed by atoms with van der Waals surface area (Å²) < 4.78 is 30.3. The van der Waals surface area contributed by atoms with E-state index in [1.165, 1.54) is 0 Å². The standard InChI is InChI=1S/C12H12F2O3/c1-7(2)17-12(16)11(15)5-8-3-9(13)6-10(14)4-8/h3-4,6-7H,5H2,1-2H3. The third kappa shape index (κ3) is 4.30. The van der Waals surface area contributed by atoms with E-state index in [2.05, 4.69) is 4.74 Å². The molecular formula is C12H12F2O3. The van der Waals surface area contributed by atoms with Crippen molar-refractivity contribution < 1.29 is 23.1 Å². The lowest BCUT2D eigenvalue weighted by Gasteiger charge is -2.06. The maximum absolute atomic E-state index is 12.8. The number of carbonyl (C=O) groups excluding carboxylic acids is 2.